The minimum atomic E-state index is -0.424. The first kappa shape index (κ1) is 21.1. The summed E-state index contributed by atoms with van der Waals surface area (Å²) in [7, 11) is 0. The molecule has 2 fully saturated rings. The van der Waals surface area contributed by atoms with E-state index in [2.05, 4.69) is 32.5 Å². The van der Waals surface area contributed by atoms with Crippen molar-refractivity contribution in [2.75, 3.05) is 36.8 Å². The number of hydrogen-bond acceptors (Lipinski definition) is 7. The van der Waals surface area contributed by atoms with E-state index in [1.54, 1.807) is 12.4 Å². The number of rotatable bonds is 5. The van der Waals surface area contributed by atoms with Crippen molar-refractivity contribution in [2.24, 2.45) is 10.9 Å². The van der Waals surface area contributed by atoms with Crippen molar-refractivity contribution in [1.82, 2.24) is 14.9 Å². The van der Waals surface area contributed by atoms with Crippen LogP contribution in [-0.4, -0.2) is 46.2 Å². The molecule has 1 aromatic heterocycles. The molecule has 0 amide bonds. The van der Waals surface area contributed by atoms with E-state index in [9.17, 15) is 4.39 Å². The first-order valence-corrected chi connectivity index (χ1v) is 10.5. The van der Waals surface area contributed by atoms with Gasteiger partial charge in [-0.3, -0.25) is 4.98 Å². The Balaban J connectivity index is 1.41. The van der Waals surface area contributed by atoms with Gasteiger partial charge in [0.15, 0.2) is 5.82 Å². The molecule has 7 nitrogen and oxygen atoms in total. The summed E-state index contributed by atoms with van der Waals surface area (Å²) in [5.74, 6) is 1.32. The number of aliphatic imine (C=N–C) groups is 1. The van der Waals surface area contributed by atoms with Crippen LogP contribution in [0.15, 0.2) is 48.0 Å². The number of halogens is 2. The molecule has 2 aliphatic heterocycles. The molecule has 2 aliphatic rings. The van der Waals surface area contributed by atoms with Crippen LogP contribution >= 0.6 is 11.6 Å². The van der Waals surface area contributed by atoms with Gasteiger partial charge in [-0.1, -0.05) is 18.2 Å². The molecule has 0 aliphatic carbocycles. The largest absolute Gasteiger partial charge is 0.398 e. The SMILES string of the molecule is C=C(/N=C(/Cl)c1ccc(F)cc1N)N1CC(c2nccnc2N2CCC(C#N)CC2)C1. The van der Waals surface area contributed by atoms with E-state index in [0.717, 1.165) is 37.4 Å². The number of likely N-dealkylation sites (tertiary alicyclic amines) is 1. The van der Waals surface area contributed by atoms with Gasteiger partial charge in [0.2, 0.25) is 0 Å². The molecule has 0 atom stereocenters. The molecule has 160 valence electrons. The summed E-state index contributed by atoms with van der Waals surface area (Å²) in [5, 5.41) is 9.30. The predicted octanol–water partition coefficient (Wildman–Crippen LogP) is 3.49. The minimum absolute atomic E-state index is 0.122. The van der Waals surface area contributed by atoms with Crippen LogP contribution < -0.4 is 10.6 Å². The molecular weight excluding hydrogens is 417 g/mol. The smallest absolute Gasteiger partial charge is 0.150 e. The summed E-state index contributed by atoms with van der Waals surface area (Å²) in [4.78, 5) is 17.8. The lowest BCUT2D eigenvalue weighted by Gasteiger charge is -2.41. The Morgan fingerprint density at radius 1 is 1.26 bits per heavy atom. The fourth-order valence-electron chi connectivity index (χ4n) is 3.92. The molecule has 4 rings (SSSR count). The molecule has 0 bridgehead atoms. The van der Waals surface area contributed by atoms with Crippen LogP contribution in [0.1, 0.15) is 30.0 Å². The molecular formula is C22H23ClFN7. The molecule has 31 heavy (non-hydrogen) atoms. The van der Waals surface area contributed by atoms with Crippen molar-refractivity contribution in [3.63, 3.8) is 0 Å². The van der Waals surface area contributed by atoms with E-state index in [1.807, 2.05) is 4.90 Å². The zero-order valence-electron chi connectivity index (χ0n) is 17.0. The number of nitrogens with two attached hydrogens (primary N) is 1. The number of hydrogen-bond donors (Lipinski definition) is 1. The molecule has 2 saturated heterocycles. The van der Waals surface area contributed by atoms with Crippen molar-refractivity contribution < 1.29 is 4.39 Å². The van der Waals surface area contributed by atoms with Gasteiger partial charge in [0.05, 0.1) is 11.8 Å². The highest BCUT2D eigenvalue weighted by atomic mass is 35.5. The normalized spacial score (nSPS) is 17.9. The van der Waals surface area contributed by atoms with Crippen molar-refractivity contribution >= 4 is 28.3 Å². The van der Waals surface area contributed by atoms with Gasteiger partial charge in [-0.25, -0.2) is 14.4 Å². The number of nitriles is 1. The summed E-state index contributed by atoms with van der Waals surface area (Å²) >= 11 is 6.30. The summed E-state index contributed by atoms with van der Waals surface area (Å²) in [6.45, 7) is 7.03. The van der Waals surface area contributed by atoms with Crippen LogP contribution in [0, 0.1) is 23.1 Å². The monoisotopic (exact) mass is 439 g/mol. The molecule has 0 unspecified atom stereocenters. The van der Waals surface area contributed by atoms with Crippen LogP contribution in [0.5, 0.6) is 0 Å². The van der Waals surface area contributed by atoms with Gasteiger partial charge in [-0.05, 0) is 31.0 Å². The van der Waals surface area contributed by atoms with E-state index < -0.39 is 5.82 Å². The van der Waals surface area contributed by atoms with E-state index >= 15 is 0 Å². The highest BCUT2D eigenvalue weighted by Gasteiger charge is 2.34. The zero-order valence-corrected chi connectivity index (χ0v) is 17.8. The van der Waals surface area contributed by atoms with Crippen LogP contribution in [0.2, 0.25) is 0 Å². The number of benzene rings is 1. The summed E-state index contributed by atoms with van der Waals surface area (Å²) < 4.78 is 13.3. The van der Waals surface area contributed by atoms with E-state index in [1.165, 1.54) is 18.2 Å². The average Bonchev–Trinajstić information content (AvgIpc) is 2.73. The van der Waals surface area contributed by atoms with Crippen molar-refractivity contribution in [3.8, 4) is 6.07 Å². The summed E-state index contributed by atoms with van der Waals surface area (Å²) in [5.41, 5.74) is 7.50. The average molecular weight is 440 g/mol. The molecule has 0 spiro atoms. The second kappa shape index (κ2) is 8.90. The van der Waals surface area contributed by atoms with Gasteiger partial charge in [-0.2, -0.15) is 5.26 Å². The van der Waals surface area contributed by atoms with Crippen molar-refractivity contribution in [2.45, 2.75) is 18.8 Å². The Bertz CT molecular complexity index is 1050. The number of anilines is 2. The second-order valence-electron chi connectivity index (χ2n) is 7.81. The quantitative estimate of drug-likeness (QED) is 0.566. The third-order valence-electron chi connectivity index (χ3n) is 5.78. The molecule has 1 aromatic carbocycles. The minimum Gasteiger partial charge on any atom is -0.398 e. The highest BCUT2D eigenvalue weighted by molar-refractivity contribution is 6.70. The standard InChI is InChI=1S/C22H23ClFN7/c1-14(29-21(23)18-3-2-17(24)10-19(18)26)31-12-16(13-31)20-22(28-7-6-27-20)30-8-4-15(11-25)5-9-30/h2-3,6-7,10,15-16H,1,4-5,8-9,12-13,26H2/b29-21+. The first-order valence-electron chi connectivity index (χ1n) is 10.1. The maximum Gasteiger partial charge on any atom is 0.150 e. The van der Waals surface area contributed by atoms with Crippen molar-refractivity contribution in [1.29, 1.82) is 5.26 Å². The maximum absolute atomic E-state index is 13.3. The van der Waals surface area contributed by atoms with Crippen LogP contribution in [0.25, 0.3) is 0 Å². The van der Waals surface area contributed by atoms with Crippen LogP contribution in [-0.2, 0) is 0 Å². The predicted molar refractivity (Wildman–Crippen MR) is 119 cm³/mol. The molecule has 3 heterocycles. The number of piperidine rings is 1. The lowest BCUT2D eigenvalue weighted by atomic mass is 9.94. The summed E-state index contributed by atoms with van der Waals surface area (Å²) in [6, 6.07) is 6.37. The third kappa shape index (κ3) is 4.47. The fraction of sp³-hybridized carbons (Fsp3) is 0.364. The van der Waals surface area contributed by atoms with Gasteiger partial charge in [0.1, 0.15) is 16.8 Å². The molecule has 9 heteroatoms. The first-order chi connectivity index (χ1) is 15.0. The number of nitrogens with zero attached hydrogens (tertiary/aromatic N) is 6. The van der Waals surface area contributed by atoms with Gasteiger partial charge in [0, 0.05) is 61.7 Å². The number of aromatic nitrogens is 2. The fourth-order valence-corrected chi connectivity index (χ4v) is 4.19. The zero-order chi connectivity index (χ0) is 22.0. The Morgan fingerprint density at radius 3 is 2.65 bits per heavy atom. The topological polar surface area (TPSA) is 94.4 Å². The second-order valence-corrected chi connectivity index (χ2v) is 8.17. The Labute approximate surface area is 185 Å². The lowest BCUT2D eigenvalue weighted by Crippen LogP contribution is -2.45. The molecule has 0 saturated carbocycles. The summed E-state index contributed by atoms with van der Waals surface area (Å²) in [6.07, 6.45) is 5.12. The molecule has 2 aromatic rings. The van der Waals surface area contributed by atoms with Crippen LogP contribution in [0.3, 0.4) is 0 Å². The number of nitrogen functional groups attached to an aromatic ring is 1. The van der Waals surface area contributed by atoms with E-state index in [0.29, 0.717) is 24.5 Å². The molecule has 0 radical (unpaired) electrons. The van der Waals surface area contributed by atoms with Crippen LogP contribution in [0.4, 0.5) is 15.9 Å². The molecule has 2 N–H and O–H groups in total. The van der Waals surface area contributed by atoms with Gasteiger partial charge in [0.25, 0.3) is 0 Å². The van der Waals surface area contributed by atoms with Gasteiger partial charge >= 0.3 is 0 Å². The van der Waals surface area contributed by atoms with E-state index in [4.69, 9.17) is 22.6 Å². The third-order valence-corrected chi connectivity index (χ3v) is 6.07. The highest BCUT2D eigenvalue weighted by Crippen LogP contribution is 2.34. The van der Waals surface area contributed by atoms with Crippen molar-refractivity contribution in [3.05, 3.63) is 60.1 Å². The Hall–Kier alpha value is -3.18. The van der Waals surface area contributed by atoms with Gasteiger partial charge in [-0.15, -0.1) is 0 Å². The maximum atomic E-state index is 13.3. The van der Waals surface area contributed by atoms with Gasteiger partial charge < -0.3 is 15.5 Å². The Kier molecular flexibility index (Phi) is 6.05. The Morgan fingerprint density at radius 2 is 1.97 bits per heavy atom. The lowest BCUT2D eigenvalue weighted by molar-refractivity contribution is 0.195. The van der Waals surface area contributed by atoms with E-state index in [-0.39, 0.29) is 22.7 Å².